The second kappa shape index (κ2) is 10.1. The van der Waals surface area contributed by atoms with E-state index < -0.39 is 6.09 Å². The standard InChI is InChI=1S/C17H26INO4/c1-12(2)19(17(20)21)16(9-13(3)10-23-11-22-4)14-7-5-6-8-15(14)18/h5-8,12-13,16H,9-11H2,1-4H3,(H,20,21)/t13-,16-/m0/s1. The van der Waals surface area contributed by atoms with Crippen LogP contribution in [0.4, 0.5) is 4.79 Å². The summed E-state index contributed by atoms with van der Waals surface area (Å²) in [6.45, 7) is 6.68. The molecule has 5 nitrogen and oxygen atoms in total. The van der Waals surface area contributed by atoms with E-state index in [0.29, 0.717) is 13.0 Å². The van der Waals surface area contributed by atoms with Crippen molar-refractivity contribution < 1.29 is 19.4 Å². The monoisotopic (exact) mass is 435 g/mol. The van der Waals surface area contributed by atoms with Crippen molar-refractivity contribution in [3.05, 3.63) is 33.4 Å². The molecule has 2 atom stereocenters. The van der Waals surface area contributed by atoms with E-state index in [9.17, 15) is 9.90 Å². The predicted octanol–water partition coefficient (Wildman–Crippen LogP) is 4.37. The van der Waals surface area contributed by atoms with E-state index in [-0.39, 0.29) is 24.8 Å². The molecule has 0 aliphatic carbocycles. The van der Waals surface area contributed by atoms with Crippen molar-refractivity contribution >= 4 is 28.7 Å². The van der Waals surface area contributed by atoms with Gasteiger partial charge in [0.1, 0.15) is 6.79 Å². The lowest BCUT2D eigenvalue weighted by Crippen LogP contribution is -2.40. The second-order valence-corrected chi connectivity index (χ2v) is 7.10. The van der Waals surface area contributed by atoms with E-state index in [1.54, 1.807) is 7.11 Å². The Kier molecular flexibility index (Phi) is 8.86. The molecule has 0 bridgehead atoms. The van der Waals surface area contributed by atoms with E-state index in [1.165, 1.54) is 4.90 Å². The molecule has 0 radical (unpaired) electrons. The number of carboxylic acid groups (broad SMARTS) is 1. The van der Waals surface area contributed by atoms with Crippen LogP contribution >= 0.6 is 22.6 Å². The molecule has 1 aromatic carbocycles. The molecule has 0 heterocycles. The van der Waals surface area contributed by atoms with Crippen molar-refractivity contribution in [3.8, 4) is 0 Å². The number of nitrogens with zero attached hydrogens (tertiary/aromatic N) is 1. The topological polar surface area (TPSA) is 59.0 Å². The predicted molar refractivity (Wildman–Crippen MR) is 98.5 cm³/mol. The summed E-state index contributed by atoms with van der Waals surface area (Å²) in [7, 11) is 1.59. The van der Waals surface area contributed by atoms with Crippen LogP contribution in [0, 0.1) is 9.49 Å². The van der Waals surface area contributed by atoms with Gasteiger partial charge in [-0.25, -0.2) is 4.79 Å². The third-order valence-corrected chi connectivity index (χ3v) is 4.59. The minimum absolute atomic E-state index is 0.0967. The molecule has 0 spiro atoms. The lowest BCUT2D eigenvalue weighted by molar-refractivity contribution is -0.0449. The quantitative estimate of drug-likeness (QED) is 0.356. The van der Waals surface area contributed by atoms with Gasteiger partial charge in [-0.1, -0.05) is 25.1 Å². The summed E-state index contributed by atoms with van der Waals surface area (Å²) in [6.07, 6.45) is -0.191. The Hall–Kier alpha value is -0.860. The zero-order chi connectivity index (χ0) is 17.4. The number of hydrogen-bond donors (Lipinski definition) is 1. The van der Waals surface area contributed by atoms with Crippen LogP contribution < -0.4 is 0 Å². The third-order valence-electron chi connectivity index (χ3n) is 3.61. The van der Waals surface area contributed by atoms with E-state index in [2.05, 4.69) is 29.5 Å². The summed E-state index contributed by atoms with van der Waals surface area (Å²) in [4.78, 5) is 13.3. The van der Waals surface area contributed by atoms with Gasteiger partial charge in [-0.15, -0.1) is 0 Å². The zero-order valence-corrected chi connectivity index (χ0v) is 16.3. The number of rotatable bonds is 9. The highest BCUT2D eigenvalue weighted by atomic mass is 127. The maximum absolute atomic E-state index is 11.8. The molecular weight excluding hydrogens is 409 g/mol. The molecule has 130 valence electrons. The van der Waals surface area contributed by atoms with E-state index in [4.69, 9.17) is 9.47 Å². The third kappa shape index (κ3) is 6.27. The smallest absolute Gasteiger partial charge is 0.408 e. The number of carbonyl (C=O) groups is 1. The van der Waals surface area contributed by atoms with Crippen LogP contribution in [-0.2, 0) is 9.47 Å². The van der Waals surface area contributed by atoms with Gasteiger partial charge >= 0.3 is 6.09 Å². The number of halogens is 1. The molecule has 1 N–H and O–H groups in total. The molecule has 0 unspecified atom stereocenters. The van der Waals surface area contributed by atoms with Crippen molar-refractivity contribution in [2.45, 2.75) is 39.3 Å². The van der Waals surface area contributed by atoms with E-state index in [0.717, 1.165) is 9.13 Å². The van der Waals surface area contributed by atoms with Gasteiger partial charge in [0.05, 0.1) is 12.6 Å². The summed E-state index contributed by atoms with van der Waals surface area (Å²) >= 11 is 2.27. The van der Waals surface area contributed by atoms with Gasteiger partial charge in [-0.2, -0.15) is 0 Å². The highest BCUT2D eigenvalue weighted by Gasteiger charge is 2.29. The van der Waals surface area contributed by atoms with E-state index >= 15 is 0 Å². The molecule has 0 saturated carbocycles. The molecule has 1 rings (SSSR count). The molecule has 0 aliphatic rings. The van der Waals surface area contributed by atoms with Gasteiger partial charge in [0.25, 0.3) is 0 Å². The Labute approximate surface area is 152 Å². The van der Waals surface area contributed by atoms with Crippen LogP contribution in [0.2, 0.25) is 0 Å². The van der Waals surface area contributed by atoms with Crippen molar-refractivity contribution in [1.82, 2.24) is 4.90 Å². The second-order valence-electron chi connectivity index (χ2n) is 5.94. The maximum Gasteiger partial charge on any atom is 0.408 e. The highest BCUT2D eigenvalue weighted by Crippen LogP contribution is 2.32. The lowest BCUT2D eigenvalue weighted by Gasteiger charge is -2.35. The van der Waals surface area contributed by atoms with Crippen LogP contribution in [0.5, 0.6) is 0 Å². The van der Waals surface area contributed by atoms with Crippen LogP contribution in [0.25, 0.3) is 0 Å². The average molecular weight is 435 g/mol. The van der Waals surface area contributed by atoms with Gasteiger partial charge in [0.2, 0.25) is 0 Å². The Bertz CT molecular complexity index is 495. The van der Waals surface area contributed by atoms with Gasteiger partial charge in [-0.3, -0.25) is 4.90 Å². The normalized spacial score (nSPS) is 13.8. The SMILES string of the molecule is COCOC[C@@H](C)C[C@@H](c1ccccc1I)N(C(=O)O)C(C)C. The van der Waals surface area contributed by atoms with Crippen LogP contribution in [-0.4, -0.2) is 42.7 Å². The number of amides is 1. The number of ether oxygens (including phenoxy) is 2. The first kappa shape index (κ1) is 20.2. The Morgan fingerprint density at radius 1 is 1.30 bits per heavy atom. The van der Waals surface area contributed by atoms with Crippen LogP contribution in [0.1, 0.15) is 38.8 Å². The number of hydrogen-bond acceptors (Lipinski definition) is 3. The summed E-state index contributed by atoms with van der Waals surface area (Å²) in [5, 5.41) is 9.67. The first-order valence-electron chi connectivity index (χ1n) is 7.70. The molecule has 6 heteroatoms. The van der Waals surface area contributed by atoms with Gasteiger partial charge in [0.15, 0.2) is 0 Å². The Morgan fingerprint density at radius 2 is 1.96 bits per heavy atom. The lowest BCUT2D eigenvalue weighted by atomic mass is 9.94. The maximum atomic E-state index is 11.8. The summed E-state index contributed by atoms with van der Waals surface area (Å²) in [5.74, 6) is 0.215. The summed E-state index contributed by atoms with van der Waals surface area (Å²) in [5.41, 5.74) is 1.04. The fraction of sp³-hybridized carbons (Fsp3) is 0.588. The van der Waals surface area contributed by atoms with Crippen molar-refractivity contribution in [2.24, 2.45) is 5.92 Å². The van der Waals surface area contributed by atoms with Crippen molar-refractivity contribution in [1.29, 1.82) is 0 Å². The first-order valence-corrected chi connectivity index (χ1v) is 8.78. The molecular formula is C17H26INO4. The average Bonchev–Trinajstić information content (AvgIpc) is 2.46. The minimum atomic E-state index is -0.894. The fourth-order valence-corrected chi connectivity index (χ4v) is 3.38. The van der Waals surface area contributed by atoms with Crippen LogP contribution in [0.3, 0.4) is 0 Å². The molecule has 1 aromatic rings. The van der Waals surface area contributed by atoms with Crippen molar-refractivity contribution in [2.75, 3.05) is 20.5 Å². The summed E-state index contributed by atoms with van der Waals surface area (Å²) in [6, 6.07) is 7.65. The molecule has 0 saturated heterocycles. The largest absolute Gasteiger partial charge is 0.465 e. The van der Waals surface area contributed by atoms with Crippen LogP contribution in [0.15, 0.2) is 24.3 Å². The molecule has 0 fully saturated rings. The summed E-state index contributed by atoms with van der Waals surface area (Å²) < 4.78 is 11.4. The minimum Gasteiger partial charge on any atom is -0.465 e. The number of methoxy groups -OCH3 is 1. The van der Waals surface area contributed by atoms with E-state index in [1.807, 2.05) is 38.1 Å². The first-order chi connectivity index (χ1) is 10.9. The Morgan fingerprint density at radius 3 is 2.48 bits per heavy atom. The van der Waals surface area contributed by atoms with Gasteiger partial charge < -0.3 is 14.6 Å². The molecule has 0 aliphatic heterocycles. The molecule has 1 amide bonds. The molecule has 0 aromatic heterocycles. The fourth-order valence-electron chi connectivity index (χ4n) is 2.63. The number of benzene rings is 1. The van der Waals surface area contributed by atoms with Crippen molar-refractivity contribution in [3.63, 3.8) is 0 Å². The van der Waals surface area contributed by atoms with Gasteiger partial charge in [0, 0.05) is 16.7 Å². The Balaban J connectivity index is 3.01. The molecule has 23 heavy (non-hydrogen) atoms. The highest BCUT2D eigenvalue weighted by molar-refractivity contribution is 14.1. The van der Waals surface area contributed by atoms with Gasteiger partial charge in [-0.05, 0) is 60.4 Å². The zero-order valence-electron chi connectivity index (χ0n) is 14.2.